The fourth-order valence-corrected chi connectivity index (χ4v) is 1.79. The number of H-pyrrole nitrogens is 1. The van der Waals surface area contributed by atoms with Crippen LogP contribution >= 0.6 is 23.2 Å². The van der Waals surface area contributed by atoms with Crippen molar-refractivity contribution in [2.24, 2.45) is 0 Å². The Labute approximate surface area is 95.4 Å². The maximum absolute atomic E-state index is 11.0. The second-order valence-electron chi connectivity index (χ2n) is 3.01. The van der Waals surface area contributed by atoms with E-state index in [1.165, 1.54) is 4.68 Å². The molecule has 0 bridgehead atoms. The molecule has 15 heavy (non-hydrogen) atoms. The van der Waals surface area contributed by atoms with Crippen molar-refractivity contribution >= 4 is 23.2 Å². The number of aromatic amines is 1. The molecule has 1 heterocycles. The Kier molecular flexibility index (Phi) is 2.54. The van der Waals surface area contributed by atoms with Crippen LogP contribution in [0.2, 0.25) is 10.0 Å². The Morgan fingerprint density at radius 3 is 2.67 bits per heavy atom. The molecule has 0 aliphatic carbocycles. The molecular formula is C9H7Cl2N3O. The average Bonchev–Trinajstić information content (AvgIpc) is 2.45. The van der Waals surface area contributed by atoms with Gasteiger partial charge in [0, 0.05) is 5.02 Å². The van der Waals surface area contributed by atoms with Crippen molar-refractivity contribution < 1.29 is 0 Å². The van der Waals surface area contributed by atoms with Crippen molar-refractivity contribution in [1.29, 1.82) is 0 Å². The highest BCUT2D eigenvalue weighted by atomic mass is 35.5. The fraction of sp³-hybridized carbons (Fsp3) is 0.111. The number of aryl methyl sites for hydroxylation is 1. The van der Waals surface area contributed by atoms with Crippen molar-refractivity contribution in [3.8, 4) is 5.69 Å². The van der Waals surface area contributed by atoms with E-state index in [1.807, 2.05) is 0 Å². The van der Waals surface area contributed by atoms with E-state index in [0.717, 1.165) is 0 Å². The van der Waals surface area contributed by atoms with Crippen LogP contribution in [0, 0.1) is 6.92 Å². The van der Waals surface area contributed by atoms with Crippen molar-refractivity contribution in [2.75, 3.05) is 0 Å². The summed E-state index contributed by atoms with van der Waals surface area (Å²) in [5, 5.41) is 3.55. The van der Waals surface area contributed by atoms with E-state index in [-0.39, 0.29) is 0 Å². The molecule has 0 aliphatic rings. The first-order valence-corrected chi connectivity index (χ1v) is 4.94. The molecule has 1 aromatic carbocycles. The molecule has 0 unspecified atom stereocenters. The lowest BCUT2D eigenvalue weighted by molar-refractivity contribution is 0.832. The van der Waals surface area contributed by atoms with Crippen LogP contribution in [-0.2, 0) is 0 Å². The molecule has 0 aliphatic heterocycles. The third-order valence-electron chi connectivity index (χ3n) is 1.95. The third kappa shape index (κ3) is 1.91. The largest absolute Gasteiger partial charge is 0.361 e. The molecule has 0 radical (unpaired) electrons. The van der Waals surface area contributed by atoms with Crippen LogP contribution in [0.5, 0.6) is 0 Å². The molecule has 1 aromatic heterocycles. The smallest absolute Gasteiger partial charge is 0.244 e. The van der Waals surface area contributed by atoms with Gasteiger partial charge in [-0.05, 0) is 25.1 Å². The van der Waals surface area contributed by atoms with Gasteiger partial charge in [-0.3, -0.25) is 0 Å². The van der Waals surface area contributed by atoms with Gasteiger partial charge in [0.05, 0.1) is 10.7 Å². The number of rotatable bonds is 1. The van der Waals surface area contributed by atoms with Gasteiger partial charge in [0.15, 0.2) is 0 Å². The highest BCUT2D eigenvalue weighted by Gasteiger charge is 2.07. The Hall–Kier alpha value is -1.26. The minimum Gasteiger partial charge on any atom is -0.244 e. The van der Waals surface area contributed by atoms with E-state index in [4.69, 9.17) is 23.2 Å². The molecule has 4 nitrogen and oxygen atoms in total. The summed E-state index contributed by atoms with van der Waals surface area (Å²) in [6, 6.07) is 5.02. The minimum atomic E-state index is -0.404. The lowest BCUT2D eigenvalue weighted by Gasteiger charge is -2.06. The lowest BCUT2D eigenvalue weighted by Crippen LogP contribution is -2.05. The second kappa shape index (κ2) is 3.72. The molecule has 6 heteroatoms. The maximum Gasteiger partial charge on any atom is 0.361 e. The molecule has 2 rings (SSSR count). The van der Waals surface area contributed by atoms with Crippen molar-refractivity contribution in [3.05, 3.63) is 44.6 Å². The first-order valence-electron chi connectivity index (χ1n) is 4.19. The summed E-state index contributed by atoms with van der Waals surface area (Å²) < 4.78 is 1.51. The SMILES string of the molecule is Cc1nc(=O)[nH]n1-c1ccc(Cl)cc1Cl. The summed E-state index contributed by atoms with van der Waals surface area (Å²) >= 11 is 11.8. The van der Waals surface area contributed by atoms with Crippen LogP contribution in [0.25, 0.3) is 5.69 Å². The topological polar surface area (TPSA) is 50.7 Å². The zero-order chi connectivity index (χ0) is 11.0. The molecule has 0 atom stereocenters. The number of nitrogens with zero attached hydrogens (tertiary/aromatic N) is 2. The van der Waals surface area contributed by atoms with Gasteiger partial charge in [0.1, 0.15) is 5.82 Å². The summed E-state index contributed by atoms with van der Waals surface area (Å²) in [4.78, 5) is 14.7. The molecule has 0 fully saturated rings. The number of aromatic nitrogens is 3. The van der Waals surface area contributed by atoms with Crippen LogP contribution in [0.1, 0.15) is 5.82 Å². The summed E-state index contributed by atoms with van der Waals surface area (Å²) in [6.45, 7) is 1.71. The van der Waals surface area contributed by atoms with Crippen LogP contribution in [0.3, 0.4) is 0 Å². The Morgan fingerprint density at radius 1 is 1.40 bits per heavy atom. The Bertz CT molecular complexity index is 559. The van der Waals surface area contributed by atoms with Gasteiger partial charge in [-0.15, -0.1) is 0 Å². The van der Waals surface area contributed by atoms with Crippen molar-refractivity contribution in [1.82, 2.24) is 14.8 Å². The minimum absolute atomic E-state index is 0.404. The highest BCUT2D eigenvalue weighted by molar-refractivity contribution is 6.35. The second-order valence-corrected chi connectivity index (χ2v) is 3.85. The van der Waals surface area contributed by atoms with Crippen LogP contribution < -0.4 is 5.69 Å². The molecule has 0 amide bonds. The summed E-state index contributed by atoms with van der Waals surface area (Å²) in [6.07, 6.45) is 0. The van der Waals surface area contributed by atoms with Crippen LogP contribution in [0.4, 0.5) is 0 Å². The standard InChI is InChI=1S/C9H7Cl2N3O/c1-5-12-9(15)13-14(5)8-3-2-6(10)4-7(8)11/h2-4H,1H3,(H,13,15). The molecule has 1 N–H and O–H groups in total. The predicted molar refractivity (Wildman–Crippen MR) is 58.9 cm³/mol. The average molecular weight is 244 g/mol. The van der Waals surface area contributed by atoms with Gasteiger partial charge in [-0.25, -0.2) is 14.6 Å². The van der Waals surface area contributed by atoms with E-state index < -0.39 is 5.69 Å². The lowest BCUT2D eigenvalue weighted by atomic mass is 10.3. The first kappa shape index (κ1) is 10.3. The maximum atomic E-state index is 11.0. The summed E-state index contributed by atoms with van der Waals surface area (Å²) in [5.41, 5.74) is 0.242. The van der Waals surface area contributed by atoms with Gasteiger partial charge in [0.25, 0.3) is 0 Å². The zero-order valence-corrected chi connectivity index (χ0v) is 9.30. The quantitative estimate of drug-likeness (QED) is 0.835. The zero-order valence-electron chi connectivity index (χ0n) is 7.79. The third-order valence-corrected chi connectivity index (χ3v) is 2.48. The van der Waals surface area contributed by atoms with Crippen molar-refractivity contribution in [3.63, 3.8) is 0 Å². The van der Waals surface area contributed by atoms with Gasteiger partial charge in [-0.1, -0.05) is 23.2 Å². The van der Waals surface area contributed by atoms with Crippen LogP contribution in [-0.4, -0.2) is 14.8 Å². The molecule has 78 valence electrons. The fourth-order valence-electron chi connectivity index (χ4n) is 1.30. The normalized spacial score (nSPS) is 10.6. The molecule has 0 saturated carbocycles. The van der Waals surface area contributed by atoms with E-state index in [1.54, 1.807) is 25.1 Å². The van der Waals surface area contributed by atoms with Gasteiger partial charge >= 0.3 is 5.69 Å². The predicted octanol–water partition coefficient (Wildman–Crippen LogP) is 2.18. The van der Waals surface area contributed by atoms with E-state index >= 15 is 0 Å². The summed E-state index contributed by atoms with van der Waals surface area (Å²) in [5.74, 6) is 0.546. The van der Waals surface area contributed by atoms with E-state index in [0.29, 0.717) is 21.6 Å². The number of hydrogen-bond donors (Lipinski definition) is 1. The van der Waals surface area contributed by atoms with Gasteiger partial charge < -0.3 is 0 Å². The van der Waals surface area contributed by atoms with E-state index in [2.05, 4.69) is 10.1 Å². The highest BCUT2D eigenvalue weighted by Crippen LogP contribution is 2.23. The Morgan fingerprint density at radius 2 is 2.13 bits per heavy atom. The molecule has 2 aromatic rings. The van der Waals surface area contributed by atoms with Gasteiger partial charge in [0.2, 0.25) is 0 Å². The number of halogens is 2. The molecule has 0 saturated heterocycles. The van der Waals surface area contributed by atoms with Crippen molar-refractivity contribution in [2.45, 2.75) is 6.92 Å². The molecule has 0 spiro atoms. The molecular weight excluding hydrogens is 237 g/mol. The van der Waals surface area contributed by atoms with Gasteiger partial charge in [-0.2, -0.15) is 4.98 Å². The number of nitrogens with one attached hydrogen (secondary N) is 1. The van der Waals surface area contributed by atoms with E-state index in [9.17, 15) is 4.79 Å². The number of hydrogen-bond acceptors (Lipinski definition) is 2. The monoisotopic (exact) mass is 243 g/mol. The first-order chi connectivity index (χ1) is 7.08. The van der Waals surface area contributed by atoms with Crippen LogP contribution in [0.15, 0.2) is 23.0 Å². The summed E-state index contributed by atoms with van der Waals surface area (Å²) in [7, 11) is 0. The Balaban J connectivity index is 2.64. The number of benzene rings is 1.